The van der Waals surface area contributed by atoms with Crippen molar-refractivity contribution >= 4 is 28.4 Å². The van der Waals surface area contributed by atoms with Gasteiger partial charge in [0, 0.05) is 23.5 Å². The number of amides is 1. The second-order valence-electron chi connectivity index (χ2n) is 5.96. The second kappa shape index (κ2) is 7.11. The van der Waals surface area contributed by atoms with Gasteiger partial charge in [-0.25, -0.2) is 0 Å². The number of nitrogens with one attached hydrogen (secondary N) is 1. The molecule has 0 saturated heterocycles. The molecule has 4 nitrogen and oxygen atoms in total. The van der Waals surface area contributed by atoms with E-state index in [1.165, 1.54) is 6.07 Å². The van der Waals surface area contributed by atoms with Crippen LogP contribution in [-0.2, 0) is 7.05 Å². The molecular weight excluding hydrogens is 336 g/mol. The highest BCUT2D eigenvalue weighted by Gasteiger charge is 2.18. The SMILES string of the molecule is CCC(NC(=O)c1cc(=O)n(C)c2ccccc12)c1cccc(Cl)c1. The van der Waals surface area contributed by atoms with Crippen molar-refractivity contribution in [2.24, 2.45) is 7.05 Å². The van der Waals surface area contributed by atoms with E-state index in [9.17, 15) is 9.59 Å². The number of nitrogens with zero attached hydrogens (tertiary/aromatic N) is 1. The number of aromatic nitrogens is 1. The van der Waals surface area contributed by atoms with Crippen LogP contribution in [0, 0.1) is 0 Å². The van der Waals surface area contributed by atoms with Crippen molar-refractivity contribution in [2.75, 3.05) is 0 Å². The molecule has 3 aromatic rings. The predicted molar refractivity (Wildman–Crippen MR) is 101 cm³/mol. The summed E-state index contributed by atoms with van der Waals surface area (Å²) in [5.74, 6) is -0.263. The molecule has 5 heteroatoms. The summed E-state index contributed by atoms with van der Waals surface area (Å²) in [6.07, 6.45) is 0.717. The van der Waals surface area contributed by atoms with Crippen molar-refractivity contribution in [3.63, 3.8) is 0 Å². The van der Waals surface area contributed by atoms with Crippen LogP contribution in [0.4, 0.5) is 0 Å². The molecular formula is C20H19ClN2O2. The number of aryl methyl sites for hydroxylation is 1. The minimum atomic E-state index is -0.263. The summed E-state index contributed by atoms with van der Waals surface area (Å²) in [5.41, 5.74) is 1.85. The molecule has 3 rings (SSSR count). The standard InChI is InChI=1S/C20H19ClN2O2/c1-3-17(13-7-6-8-14(21)11-13)22-20(25)16-12-19(24)23(2)18-10-5-4-9-15(16)18/h4-12,17H,3H2,1-2H3,(H,22,25). The number of halogens is 1. The summed E-state index contributed by atoms with van der Waals surface area (Å²) in [4.78, 5) is 25.1. The van der Waals surface area contributed by atoms with Gasteiger partial charge in [0.15, 0.2) is 0 Å². The minimum Gasteiger partial charge on any atom is -0.345 e. The van der Waals surface area contributed by atoms with Crippen LogP contribution in [0.2, 0.25) is 5.02 Å². The fraction of sp³-hybridized carbons (Fsp3) is 0.200. The van der Waals surface area contributed by atoms with Crippen molar-refractivity contribution in [1.82, 2.24) is 9.88 Å². The molecule has 1 unspecified atom stereocenters. The molecule has 0 spiro atoms. The summed E-state index contributed by atoms with van der Waals surface area (Å²) in [6, 6.07) is 16.1. The summed E-state index contributed by atoms with van der Waals surface area (Å²) in [6.45, 7) is 1.99. The van der Waals surface area contributed by atoms with E-state index in [4.69, 9.17) is 11.6 Å². The van der Waals surface area contributed by atoms with Crippen LogP contribution in [0.3, 0.4) is 0 Å². The predicted octanol–water partition coefficient (Wildman–Crippen LogP) is 4.07. The highest BCUT2D eigenvalue weighted by molar-refractivity contribution is 6.30. The van der Waals surface area contributed by atoms with Crippen LogP contribution in [0.25, 0.3) is 10.9 Å². The zero-order chi connectivity index (χ0) is 18.0. The van der Waals surface area contributed by atoms with Crippen molar-refractivity contribution < 1.29 is 4.79 Å². The number of carbonyl (C=O) groups is 1. The van der Waals surface area contributed by atoms with Gasteiger partial charge in [-0.3, -0.25) is 9.59 Å². The molecule has 2 aromatic carbocycles. The second-order valence-corrected chi connectivity index (χ2v) is 6.40. The fourth-order valence-corrected chi connectivity index (χ4v) is 3.18. The lowest BCUT2D eigenvalue weighted by atomic mass is 10.0. The first-order valence-corrected chi connectivity index (χ1v) is 8.54. The molecule has 25 heavy (non-hydrogen) atoms. The van der Waals surface area contributed by atoms with E-state index in [-0.39, 0.29) is 17.5 Å². The van der Waals surface area contributed by atoms with E-state index in [2.05, 4.69) is 5.32 Å². The van der Waals surface area contributed by atoms with Gasteiger partial charge in [0.25, 0.3) is 11.5 Å². The molecule has 128 valence electrons. The zero-order valence-corrected chi connectivity index (χ0v) is 14.9. The Bertz CT molecular complexity index is 994. The topological polar surface area (TPSA) is 51.1 Å². The number of rotatable bonds is 4. The van der Waals surface area contributed by atoms with Crippen molar-refractivity contribution in [1.29, 1.82) is 0 Å². The van der Waals surface area contributed by atoms with Crippen molar-refractivity contribution in [2.45, 2.75) is 19.4 Å². The summed E-state index contributed by atoms with van der Waals surface area (Å²) in [5, 5.41) is 4.40. The molecule has 0 fully saturated rings. The lowest BCUT2D eigenvalue weighted by Crippen LogP contribution is -2.30. The monoisotopic (exact) mass is 354 g/mol. The molecule has 0 aliphatic rings. The molecule has 1 amide bonds. The van der Waals surface area contributed by atoms with Gasteiger partial charge < -0.3 is 9.88 Å². The molecule has 0 bridgehead atoms. The van der Waals surface area contributed by atoms with Gasteiger partial charge in [0.2, 0.25) is 0 Å². The molecule has 1 aromatic heterocycles. The van der Waals surface area contributed by atoms with E-state index in [1.54, 1.807) is 17.7 Å². The highest BCUT2D eigenvalue weighted by Crippen LogP contribution is 2.22. The number of hydrogen-bond acceptors (Lipinski definition) is 2. The van der Waals surface area contributed by atoms with E-state index in [0.717, 1.165) is 22.9 Å². The van der Waals surface area contributed by atoms with Gasteiger partial charge in [-0.15, -0.1) is 0 Å². The third-order valence-corrected chi connectivity index (χ3v) is 4.60. The molecule has 1 N–H and O–H groups in total. The lowest BCUT2D eigenvalue weighted by Gasteiger charge is -2.19. The third-order valence-electron chi connectivity index (χ3n) is 4.36. The van der Waals surface area contributed by atoms with Crippen molar-refractivity contribution in [3.05, 3.63) is 81.1 Å². The number of carbonyl (C=O) groups excluding carboxylic acids is 1. The number of benzene rings is 2. The van der Waals surface area contributed by atoms with Crippen LogP contribution in [0.15, 0.2) is 59.4 Å². The Kier molecular flexibility index (Phi) is 4.91. The highest BCUT2D eigenvalue weighted by atomic mass is 35.5. The van der Waals surface area contributed by atoms with Crippen LogP contribution >= 0.6 is 11.6 Å². The average Bonchev–Trinajstić information content (AvgIpc) is 2.62. The summed E-state index contributed by atoms with van der Waals surface area (Å²) >= 11 is 6.06. The molecule has 0 aliphatic heterocycles. The number of para-hydroxylation sites is 1. The van der Waals surface area contributed by atoms with Crippen LogP contribution in [0.1, 0.15) is 35.3 Å². The van der Waals surface area contributed by atoms with E-state index < -0.39 is 0 Å². The maximum atomic E-state index is 12.9. The molecule has 0 aliphatic carbocycles. The lowest BCUT2D eigenvalue weighted by molar-refractivity contribution is 0.0937. The van der Waals surface area contributed by atoms with Gasteiger partial charge in [-0.05, 0) is 30.2 Å². The average molecular weight is 355 g/mol. The minimum absolute atomic E-state index is 0.172. The Morgan fingerprint density at radius 1 is 1.16 bits per heavy atom. The van der Waals surface area contributed by atoms with Gasteiger partial charge in [0.05, 0.1) is 17.1 Å². The van der Waals surface area contributed by atoms with Gasteiger partial charge in [-0.1, -0.05) is 48.9 Å². The zero-order valence-electron chi connectivity index (χ0n) is 14.1. The largest absolute Gasteiger partial charge is 0.345 e. The Morgan fingerprint density at radius 2 is 1.92 bits per heavy atom. The fourth-order valence-electron chi connectivity index (χ4n) is 2.98. The van der Waals surface area contributed by atoms with Crippen LogP contribution in [-0.4, -0.2) is 10.5 Å². The Hall–Kier alpha value is -2.59. The Labute approximate surface area is 151 Å². The van der Waals surface area contributed by atoms with Gasteiger partial charge in [0.1, 0.15) is 0 Å². The molecule has 0 saturated carbocycles. The molecule has 1 atom stereocenters. The first-order chi connectivity index (χ1) is 12.0. The van der Waals surface area contributed by atoms with E-state index >= 15 is 0 Å². The number of fused-ring (bicyclic) bond motifs is 1. The van der Waals surface area contributed by atoms with Crippen LogP contribution in [0.5, 0.6) is 0 Å². The Morgan fingerprint density at radius 3 is 2.64 bits per heavy atom. The summed E-state index contributed by atoms with van der Waals surface area (Å²) < 4.78 is 1.54. The van der Waals surface area contributed by atoms with Crippen molar-refractivity contribution in [3.8, 4) is 0 Å². The maximum absolute atomic E-state index is 12.9. The van der Waals surface area contributed by atoms with E-state index in [1.807, 2.05) is 49.4 Å². The third kappa shape index (κ3) is 3.44. The maximum Gasteiger partial charge on any atom is 0.252 e. The number of pyridine rings is 1. The quantitative estimate of drug-likeness (QED) is 0.767. The van der Waals surface area contributed by atoms with E-state index in [0.29, 0.717) is 10.6 Å². The summed E-state index contributed by atoms with van der Waals surface area (Å²) in [7, 11) is 1.70. The first-order valence-electron chi connectivity index (χ1n) is 8.16. The first kappa shape index (κ1) is 17.2. The normalized spacial score (nSPS) is 12.1. The number of hydrogen-bond donors (Lipinski definition) is 1. The Balaban J connectivity index is 2.00. The van der Waals surface area contributed by atoms with Gasteiger partial charge in [-0.2, -0.15) is 0 Å². The van der Waals surface area contributed by atoms with Gasteiger partial charge >= 0.3 is 0 Å². The molecule has 1 heterocycles. The smallest absolute Gasteiger partial charge is 0.252 e. The molecule has 0 radical (unpaired) electrons. The van der Waals surface area contributed by atoms with Crippen LogP contribution < -0.4 is 10.9 Å².